The molecule has 1 aromatic heterocycles. The maximum absolute atomic E-state index is 12.8. The number of nitrogens with zero attached hydrogens (tertiary/aromatic N) is 3. The second kappa shape index (κ2) is 6.81. The van der Waals surface area contributed by atoms with Crippen LogP contribution >= 0.6 is 0 Å². The van der Waals surface area contributed by atoms with Crippen LogP contribution in [-0.4, -0.2) is 58.0 Å². The largest absolute Gasteiger partial charge is 0.342 e. The van der Waals surface area contributed by atoms with Gasteiger partial charge in [0.25, 0.3) is 0 Å². The van der Waals surface area contributed by atoms with E-state index in [0.717, 1.165) is 64.6 Å². The monoisotopic (exact) mass is 344 g/mol. The minimum absolute atomic E-state index is 0.0815. The standard InChI is InChI=1S/C19H28N4O2/c24-16-5-2-1-3-10-22(16)12-7-17(25)23-11-4-8-19(14-23)9-6-15-13-20-21-18(15)19/h13H,1-12,14H2,(H,20,21). The summed E-state index contributed by atoms with van der Waals surface area (Å²) in [7, 11) is 0. The van der Waals surface area contributed by atoms with Crippen molar-refractivity contribution >= 4 is 11.8 Å². The van der Waals surface area contributed by atoms with Gasteiger partial charge in [-0.2, -0.15) is 5.10 Å². The fourth-order valence-corrected chi connectivity index (χ4v) is 4.88. The maximum Gasteiger partial charge on any atom is 0.224 e. The van der Waals surface area contributed by atoms with Gasteiger partial charge in [-0.05, 0) is 44.1 Å². The summed E-state index contributed by atoms with van der Waals surface area (Å²) in [4.78, 5) is 28.8. The maximum atomic E-state index is 12.8. The zero-order valence-electron chi connectivity index (χ0n) is 14.9. The van der Waals surface area contributed by atoms with Crippen LogP contribution in [0.1, 0.15) is 62.6 Å². The number of rotatable bonds is 3. The van der Waals surface area contributed by atoms with E-state index in [2.05, 4.69) is 10.2 Å². The van der Waals surface area contributed by atoms with E-state index in [0.29, 0.717) is 19.4 Å². The number of carbonyl (C=O) groups excluding carboxylic acids is 2. The molecule has 1 aromatic rings. The first-order valence-corrected chi connectivity index (χ1v) is 9.76. The van der Waals surface area contributed by atoms with Gasteiger partial charge in [-0.1, -0.05) is 6.42 Å². The van der Waals surface area contributed by atoms with Crippen LogP contribution in [0.4, 0.5) is 0 Å². The van der Waals surface area contributed by atoms with Gasteiger partial charge in [-0.25, -0.2) is 0 Å². The van der Waals surface area contributed by atoms with Gasteiger partial charge >= 0.3 is 0 Å². The highest BCUT2D eigenvalue weighted by Gasteiger charge is 2.44. The zero-order valence-corrected chi connectivity index (χ0v) is 14.9. The lowest BCUT2D eigenvalue weighted by Crippen LogP contribution is -2.48. The molecule has 0 aromatic carbocycles. The Kier molecular flexibility index (Phi) is 4.52. The molecule has 0 bridgehead atoms. The van der Waals surface area contributed by atoms with E-state index in [1.165, 1.54) is 11.3 Å². The number of piperidine rings is 1. The van der Waals surface area contributed by atoms with Gasteiger partial charge in [0.1, 0.15) is 0 Å². The summed E-state index contributed by atoms with van der Waals surface area (Å²) >= 11 is 0. The number of H-pyrrole nitrogens is 1. The van der Waals surface area contributed by atoms with Crippen LogP contribution in [0.3, 0.4) is 0 Å². The molecule has 1 atom stereocenters. The van der Waals surface area contributed by atoms with E-state index in [9.17, 15) is 9.59 Å². The highest BCUT2D eigenvalue weighted by atomic mass is 16.2. The van der Waals surface area contributed by atoms with Crippen LogP contribution in [0.5, 0.6) is 0 Å². The summed E-state index contributed by atoms with van der Waals surface area (Å²) in [5.41, 5.74) is 2.66. The van der Waals surface area contributed by atoms with Gasteiger partial charge < -0.3 is 9.80 Å². The van der Waals surface area contributed by atoms with Gasteiger partial charge in [-0.15, -0.1) is 0 Å². The number of aryl methyl sites for hydroxylation is 1. The molecule has 0 saturated carbocycles. The lowest BCUT2D eigenvalue weighted by molar-refractivity contribution is -0.135. The molecule has 2 saturated heterocycles. The third-order valence-electron chi connectivity index (χ3n) is 6.32. The van der Waals surface area contributed by atoms with Crippen LogP contribution in [0.15, 0.2) is 6.20 Å². The van der Waals surface area contributed by atoms with Crippen molar-refractivity contribution in [2.24, 2.45) is 0 Å². The Morgan fingerprint density at radius 2 is 2.08 bits per heavy atom. The van der Waals surface area contributed by atoms with Gasteiger partial charge in [0.05, 0.1) is 6.20 Å². The van der Waals surface area contributed by atoms with Crippen molar-refractivity contribution in [1.29, 1.82) is 0 Å². The summed E-state index contributed by atoms with van der Waals surface area (Å²) < 4.78 is 0. The van der Waals surface area contributed by atoms with E-state index in [1.54, 1.807) is 0 Å². The Labute approximate surface area is 148 Å². The van der Waals surface area contributed by atoms with Crippen LogP contribution in [0, 0.1) is 0 Å². The van der Waals surface area contributed by atoms with E-state index in [4.69, 9.17) is 0 Å². The van der Waals surface area contributed by atoms with Crippen LogP contribution < -0.4 is 0 Å². The van der Waals surface area contributed by atoms with E-state index >= 15 is 0 Å². The molecule has 3 heterocycles. The predicted molar refractivity (Wildman–Crippen MR) is 94.1 cm³/mol. The van der Waals surface area contributed by atoms with E-state index in [1.807, 2.05) is 16.0 Å². The van der Waals surface area contributed by atoms with Crippen LogP contribution in [-0.2, 0) is 21.4 Å². The highest BCUT2D eigenvalue weighted by Crippen LogP contribution is 2.43. The molecule has 25 heavy (non-hydrogen) atoms. The Bertz CT molecular complexity index is 656. The number of amides is 2. The molecule has 136 valence electrons. The summed E-state index contributed by atoms with van der Waals surface area (Å²) in [5, 5.41) is 7.40. The van der Waals surface area contributed by atoms with Gasteiger partial charge in [-0.3, -0.25) is 14.7 Å². The Morgan fingerprint density at radius 3 is 3.00 bits per heavy atom. The van der Waals surface area contributed by atoms with Crippen molar-refractivity contribution in [1.82, 2.24) is 20.0 Å². The second-order valence-electron chi connectivity index (χ2n) is 7.91. The average Bonchev–Trinajstić information content (AvgIpc) is 3.15. The highest BCUT2D eigenvalue weighted by molar-refractivity contribution is 5.79. The van der Waals surface area contributed by atoms with Gasteiger partial charge in [0.15, 0.2) is 0 Å². The molecule has 4 rings (SSSR count). The molecule has 0 radical (unpaired) electrons. The van der Waals surface area contributed by atoms with Crippen LogP contribution in [0.2, 0.25) is 0 Å². The number of aromatic amines is 1. The molecular formula is C19H28N4O2. The molecule has 1 unspecified atom stereocenters. The first-order valence-electron chi connectivity index (χ1n) is 9.76. The predicted octanol–water partition coefficient (Wildman–Crippen LogP) is 2.01. The Morgan fingerprint density at radius 1 is 1.16 bits per heavy atom. The molecule has 1 N–H and O–H groups in total. The molecule has 6 heteroatoms. The molecule has 2 aliphatic heterocycles. The molecular weight excluding hydrogens is 316 g/mol. The molecule has 6 nitrogen and oxygen atoms in total. The third kappa shape index (κ3) is 3.18. The fourth-order valence-electron chi connectivity index (χ4n) is 4.88. The van der Waals surface area contributed by atoms with E-state index in [-0.39, 0.29) is 17.2 Å². The number of nitrogens with one attached hydrogen (secondary N) is 1. The minimum atomic E-state index is 0.0815. The van der Waals surface area contributed by atoms with Crippen molar-refractivity contribution in [3.8, 4) is 0 Å². The summed E-state index contributed by atoms with van der Waals surface area (Å²) in [6.07, 6.45) is 10.6. The molecule has 1 aliphatic carbocycles. The summed E-state index contributed by atoms with van der Waals surface area (Å²) in [5.74, 6) is 0.419. The minimum Gasteiger partial charge on any atom is -0.342 e. The second-order valence-corrected chi connectivity index (χ2v) is 7.91. The Hall–Kier alpha value is -1.85. The van der Waals surface area contributed by atoms with Crippen molar-refractivity contribution in [2.45, 2.75) is 63.2 Å². The normalized spacial score (nSPS) is 26.8. The number of aromatic nitrogens is 2. The topological polar surface area (TPSA) is 69.3 Å². The molecule has 3 aliphatic rings. The number of hydrogen-bond acceptors (Lipinski definition) is 3. The molecule has 2 fully saturated rings. The van der Waals surface area contributed by atoms with Gasteiger partial charge in [0, 0.05) is 50.1 Å². The SMILES string of the molecule is O=C1CCCCCN1CCC(=O)N1CCCC2(CCc3cn[nH]c32)C1. The fraction of sp³-hybridized carbons (Fsp3) is 0.737. The first-order chi connectivity index (χ1) is 12.2. The number of likely N-dealkylation sites (tertiary alicyclic amines) is 2. The first kappa shape index (κ1) is 16.6. The van der Waals surface area contributed by atoms with Gasteiger partial charge in [0.2, 0.25) is 11.8 Å². The lowest BCUT2D eigenvalue weighted by atomic mass is 9.77. The summed E-state index contributed by atoms with van der Waals surface area (Å²) in [6, 6.07) is 0. The van der Waals surface area contributed by atoms with E-state index < -0.39 is 0 Å². The Balaban J connectivity index is 1.37. The third-order valence-corrected chi connectivity index (χ3v) is 6.32. The number of hydrogen-bond donors (Lipinski definition) is 1. The van der Waals surface area contributed by atoms with Crippen molar-refractivity contribution in [3.63, 3.8) is 0 Å². The molecule has 2 amide bonds. The van der Waals surface area contributed by atoms with Crippen LogP contribution in [0.25, 0.3) is 0 Å². The quantitative estimate of drug-likeness (QED) is 0.912. The van der Waals surface area contributed by atoms with Crippen molar-refractivity contribution in [2.75, 3.05) is 26.2 Å². The number of fused-ring (bicyclic) bond motifs is 2. The summed E-state index contributed by atoms with van der Waals surface area (Å²) in [6.45, 7) is 3.04. The molecule has 1 spiro atoms. The van der Waals surface area contributed by atoms with Crippen molar-refractivity contribution < 1.29 is 9.59 Å². The average molecular weight is 344 g/mol. The smallest absolute Gasteiger partial charge is 0.224 e. The lowest BCUT2D eigenvalue weighted by Gasteiger charge is -2.40. The van der Waals surface area contributed by atoms with Crippen molar-refractivity contribution in [3.05, 3.63) is 17.5 Å². The zero-order chi connectivity index (χ0) is 17.3. The number of carbonyl (C=O) groups is 2.